The predicted octanol–water partition coefficient (Wildman–Crippen LogP) is 14.0. The second kappa shape index (κ2) is 12.7. The normalized spacial score (nSPS) is 21.8. The summed E-state index contributed by atoms with van der Waals surface area (Å²) in [5.74, 6) is 1.67. The fraction of sp³-hybridized carbons (Fsp3) is 0.218. The van der Waals surface area contributed by atoms with Crippen LogP contribution in [0.4, 0.5) is 5.88 Å². The molecule has 3 nitrogen and oxygen atoms in total. The van der Waals surface area contributed by atoms with E-state index in [9.17, 15) is 0 Å². The van der Waals surface area contributed by atoms with Crippen LogP contribution in [0.1, 0.15) is 97.0 Å². The molecule has 0 bridgehead atoms. The molecule has 3 atom stereocenters. The minimum atomic E-state index is -0.264. The number of furan rings is 1. The van der Waals surface area contributed by atoms with E-state index in [0.29, 0.717) is 11.8 Å². The van der Waals surface area contributed by atoms with Crippen molar-refractivity contribution in [3.63, 3.8) is 0 Å². The first-order chi connectivity index (χ1) is 28.5. The van der Waals surface area contributed by atoms with Crippen LogP contribution >= 0.6 is 0 Å². The lowest BCUT2D eigenvalue weighted by Gasteiger charge is -2.39. The molecular formula is C55H46N2O. The van der Waals surface area contributed by atoms with Gasteiger partial charge in [0.15, 0.2) is 0 Å². The zero-order chi connectivity index (χ0) is 38.6. The van der Waals surface area contributed by atoms with Gasteiger partial charge in [-0.2, -0.15) is 0 Å². The van der Waals surface area contributed by atoms with Crippen molar-refractivity contribution in [2.24, 2.45) is 10.9 Å². The molecule has 0 amide bonds. The lowest BCUT2D eigenvalue weighted by atomic mass is 9.64. The van der Waals surface area contributed by atoms with Gasteiger partial charge in [-0.1, -0.05) is 185 Å². The predicted molar refractivity (Wildman–Crippen MR) is 238 cm³/mol. The molecule has 3 heteroatoms. The molecule has 1 spiro atoms. The highest BCUT2D eigenvalue weighted by atomic mass is 16.4. The molecule has 0 saturated heterocycles. The zero-order valence-corrected chi connectivity index (χ0v) is 33.1. The Morgan fingerprint density at radius 2 is 1.29 bits per heavy atom. The number of para-hydroxylation sites is 1. The van der Waals surface area contributed by atoms with Crippen molar-refractivity contribution in [3.8, 4) is 22.3 Å². The number of aliphatic imine (C=N–C) groups is 1. The summed E-state index contributed by atoms with van der Waals surface area (Å²) < 4.78 is 6.37. The van der Waals surface area contributed by atoms with Crippen molar-refractivity contribution >= 4 is 28.1 Å². The molecule has 5 aliphatic rings. The molecule has 3 unspecified atom stereocenters. The fourth-order valence-electron chi connectivity index (χ4n) is 11.6. The van der Waals surface area contributed by atoms with Crippen LogP contribution in [0, 0.1) is 5.92 Å². The summed E-state index contributed by atoms with van der Waals surface area (Å²) in [6, 6.07) is 53.2. The molecule has 4 aliphatic carbocycles. The molecule has 1 aliphatic heterocycles. The summed E-state index contributed by atoms with van der Waals surface area (Å²) in [7, 11) is 0. The van der Waals surface area contributed by atoms with Crippen LogP contribution in [0.3, 0.4) is 0 Å². The molecule has 1 saturated carbocycles. The van der Waals surface area contributed by atoms with Crippen LogP contribution in [0.25, 0.3) is 38.8 Å². The highest BCUT2D eigenvalue weighted by Gasteiger charge is 2.53. The second-order valence-corrected chi connectivity index (χ2v) is 17.8. The third kappa shape index (κ3) is 4.89. The summed E-state index contributed by atoms with van der Waals surface area (Å²) in [5, 5.41) is 4.68. The Morgan fingerprint density at radius 3 is 2.10 bits per heavy atom. The first kappa shape index (κ1) is 33.9. The lowest BCUT2D eigenvalue weighted by Crippen LogP contribution is -2.31. The molecule has 1 N–H and O–H groups in total. The van der Waals surface area contributed by atoms with E-state index in [2.05, 4.69) is 159 Å². The number of nitrogens with zero attached hydrogens (tertiary/aromatic N) is 1. The average Bonchev–Trinajstić information content (AvgIpc) is 3.87. The van der Waals surface area contributed by atoms with Crippen LogP contribution in [-0.4, -0.2) is 5.71 Å². The standard InChI is InChI=1S/C55H46N2O/c1-54(2)44-19-9-7-16-40(44)42-32-47-43(33-46(42)54)49-39(18-13-20-45(49)55(47)30-11-4-12-31-55)36-26-22-34(23-27-36)35-24-28-38(29-25-35)52-56-51(37-14-5-3-6-15-37)50-41-17-8-10-21-48(41)58-53(50)57-52/h3,5-10,13-29,32-33,42,46,52,57H,4,11-12,30-31H2,1-2H3. The van der Waals surface area contributed by atoms with Crippen molar-refractivity contribution in [2.75, 3.05) is 5.32 Å². The Balaban J connectivity index is 0.883. The van der Waals surface area contributed by atoms with Gasteiger partial charge in [0.2, 0.25) is 5.88 Å². The first-order valence-electron chi connectivity index (χ1n) is 21.3. The van der Waals surface area contributed by atoms with E-state index in [1.54, 1.807) is 11.1 Å². The van der Waals surface area contributed by atoms with Gasteiger partial charge in [-0.25, -0.2) is 0 Å². The topological polar surface area (TPSA) is 37.5 Å². The smallest absolute Gasteiger partial charge is 0.205 e. The molecule has 282 valence electrons. The third-order valence-electron chi connectivity index (χ3n) is 14.5. The monoisotopic (exact) mass is 750 g/mol. The van der Waals surface area contributed by atoms with Crippen LogP contribution in [0.15, 0.2) is 173 Å². The fourth-order valence-corrected chi connectivity index (χ4v) is 11.6. The van der Waals surface area contributed by atoms with E-state index in [4.69, 9.17) is 9.41 Å². The maximum Gasteiger partial charge on any atom is 0.205 e. The van der Waals surface area contributed by atoms with Gasteiger partial charge >= 0.3 is 0 Å². The Morgan fingerprint density at radius 1 is 0.603 bits per heavy atom. The molecule has 58 heavy (non-hydrogen) atoms. The van der Waals surface area contributed by atoms with Crippen LogP contribution in [0.5, 0.6) is 0 Å². The van der Waals surface area contributed by atoms with Crippen LogP contribution < -0.4 is 5.32 Å². The van der Waals surface area contributed by atoms with Crippen LogP contribution in [-0.2, 0) is 10.8 Å². The summed E-state index contributed by atoms with van der Waals surface area (Å²) in [4.78, 5) is 5.30. The molecule has 1 aromatic heterocycles. The van der Waals surface area contributed by atoms with Gasteiger partial charge < -0.3 is 9.73 Å². The number of hydrogen-bond acceptors (Lipinski definition) is 3. The first-order valence-corrected chi connectivity index (χ1v) is 21.3. The van der Waals surface area contributed by atoms with Crippen LogP contribution in [0.2, 0.25) is 0 Å². The van der Waals surface area contributed by atoms with Crippen molar-refractivity contribution < 1.29 is 4.42 Å². The van der Waals surface area contributed by atoms with Crippen molar-refractivity contribution in [3.05, 3.63) is 202 Å². The third-order valence-corrected chi connectivity index (χ3v) is 14.5. The number of hydrogen-bond donors (Lipinski definition) is 1. The van der Waals surface area contributed by atoms with Gasteiger partial charge in [0, 0.05) is 22.3 Å². The maximum absolute atomic E-state index is 6.37. The van der Waals surface area contributed by atoms with E-state index < -0.39 is 0 Å². The van der Waals surface area contributed by atoms with E-state index in [-0.39, 0.29) is 17.0 Å². The van der Waals surface area contributed by atoms with E-state index >= 15 is 0 Å². The Hall–Kier alpha value is -6.19. The Labute approximate surface area is 340 Å². The van der Waals surface area contributed by atoms with Gasteiger partial charge in [-0.15, -0.1) is 0 Å². The summed E-state index contributed by atoms with van der Waals surface area (Å²) in [5.41, 5.74) is 19.5. The van der Waals surface area contributed by atoms with Crippen molar-refractivity contribution in [2.45, 2.75) is 68.9 Å². The Bertz CT molecular complexity index is 2860. The van der Waals surface area contributed by atoms with E-state index in [1.165, 1.54) is 76.6 Å². The number of anilines is 1. The SMILES string of the molecule is CC1(C)c2ccccc2C2C=C3C(=CC21)c1c(-c2ccc(-c4ccc(C5N=C(c6ccccc6)c6c(oc7ccccc67)N5)cc4)cc2)cccc1C31CCCCC1. The van der Waals surface area contributed by atoms with Gasteiger partial charge in [-0.05, 0) is 91.5 Å². The number of rotatable bonds is 4. The second-order valence-electron chi connectivity index (χ2n) is 17.8. The largest absolute Gasteiger partial charge is 0.440 e. The number of fused-ring (bicyclic) bond motifs is 11. The van der Waals surface area contributed by atoms with Gasteiger partial charge in [0.1, 0.15) is 11.7 Å². The maximum atomic E-state index is 6.37. The summed E-state index contributed by atoms with van der Waals surface area (Å²) >= 11 is 0. The lowest BCUT2D eigenvalue weighted by molar-refractivity contribution is 0.345. The Kier molecular flexibility index (Phi) is 7.40. The molecule has 2 heterocycles. The van der Waals surface area contributed by atoms with E-state index in [0.717, 1.165) is 39.3 Å². The number of nitrogens with one attached hydrogen (secondary N) is 1. The quantitative estimate of drug-likeness (QED) is 0.194. The minimum Gasteiger partial charge on any atom is -0.440 e. The molecule has 12 rings (SSSR count). The van der Waals surface area contributed by atoms with Gasteiger partial charge in [0.05, 0.1) is 11.3 Å². The summed E-state index contributed by atoms with van der Waals surface area (Å²) in [6.07, 6.45) is 11.6. The summed E-state index contributed by atoms with van der Waals surface area (Å²) in [6.45, 7) is 4.93. The molecule has 1 fully saturated rings. The van der Waals surface area contributed by atoms with E-state index in [1.807, 2.05) is 18.2 Å². The minimum absolute atomic E-state index is 0.0882. The van der Waals surface area contributed by atoms with Crippen molar-refractivity contribution in [1.29, 1.82) is 0 Å². The van der Waals surface area contributed by atoms with Crippen molar-refractivity contribution in [1.82, 2.24) is 0 Å². The van der Waals surface area contributed by atoms with Gasteiger partial charge in [0.25, 0.3) is 0 Å². The van der Waals surface area contributed by atoms with Gasteiger partial charge in [-0.3, -0.25) is 4.99 Å². The molecule has 0 radical (unpaired) electrons. The molecular weight excluding hydrogens is 705 g/mol. The average molecular weight is 751 g/mol. The number of allylic oxidation sites excluding steroid dienone is 4. The molecule has 7 aromatic rings. The highest BCUT2D eigenvalue weighted by Crippen LogP contribution is 2.64. The zero-order valence-electron chi connectivity index (χ0n) is 33.1. The highest BCUT2D eigenvalue weighted by molar-refractivity contribution is 6.22. The molecule has 6 aromatic carbocycles. The number of benzene rings is 6.